The first-order chi connectivity index (χ1) is 5.07. The molecular formula is C7H14O3S. The number of carbonyl (C=O) groups is 1. The molecule has 0 spiro atoms. The zero-order chi connectivity index (χ0) is 8.85. The van der Waals surface area contributed by atoms with Crippen molar-refractivity contribution in [3.63, 3.8) is 0 Å². The standard InChI is InChI=1S/C7H14O3S/c1-3-4-6(8)10-7(9)5(2)11/h5-6,8,11H,3-4H2,1-2H3. The van der Waals surface area contributed by atoms with E-state index in [2.05, 4.69) is 17.4 Å². The monoisotopic (exact) mass is 178 g/mol. The van der Waals surface area contributed by atoms with Gasteiger partial charge in [-0.25, -0.2) is 0 Å². The van der Waals surface area contributed by atoms with Crippen LogP contribution in [0.1, 0.15) is 26.7 Å². The summed E-state index contributed by atoms with van der Waals surface area (Å²) in [5.74, 6) is -0.478. The maximum atomic E-state index is 10.8. The van der Waals surface area contributed by atoms with Gasteiger partial charge in [0.05, 0.1) is 5.25 Å². The summed E-state index contributed by atoms with van der Waals surface area (Å²) in [6.07, 6.45) is 0.295. The van der Waals surface area contributed by atoms with Gasteiger partial charge in [0, 0.05) is 6.42 Å². The van der Waals surface area contributed by atoms with Gasteiger partial charge in [-0.05, 0) is 6.92 Å². The van der Waals surface area contributed by atoms with Crippen LogP contribution < -0.4 is 0 Å². The average Bonchev–Trinajstić information content (AvgIpc) is 1.87. The van der Waals surface area contributed by atoms with Crippen molar-refractivity contribution in [2.24, 2.45) is 0 Å². The Bertz CT molecular complexity index is 125. The summed E-state index contributed by atoms with van der Waals surface area (Å²) >= 11 is 3.85. The fraction of sp³-hybridized carbons (Fsp3) is 0.857. The normalized spacial score (nSPS) is 15.6. The van der Waals surface area contributed by atoms with E-state index in [-0.39, 0.29) is 0 Å². The summed E-state index contributed by atoms with van der Waals surface area (Å²) in [6, 6.07) is 0. The molecule has 0 bridgehead atoms. The van der Waals surface area contributed by atoms with Gasteiger partial charge in [-0.3, -0.25) is 4.79 Å². The first-order valence-corrected chi connectivity index (χ1v) is 4.16. The molecule has 0 saturated heterocycles. The van der Waals surface area contributed by atoms with Crippen LogP contribution in [0.25, 0.3) is 0 Å². The highest BCUT2D eigenvalue weighted by Crippen LogP contribution is 2.02. The molecule has 0 aromatic heterocycles. The Labute approximate surface area is 72.2 Å². The lowest BCUT2D eigenvalue weighted by Gasteiger charge is -2.11. The quantitative estimate of drug-likeness (QED) is 0.383. The largest absolute Gasteiger partial charge is 0.435 e. The van der Waals surface area contributed by atoms with E-state index in [0.717, 1.165) is 6.42 Å². The lowest BCUT2D eigenvalue weighted by Crippen LogP contribution is -2.22. The highest BCUT2D eigenvalue weighted by atomic mass is 32.1. The van der Waals surface area contributed by atoms with Crippen molar-refractivity contribution in [2.45, 2.75) is 38.2 Å². The molecule has 4 heteroatoms. The van der Waals surface area contributed by atoms with Gasteiger partial charge in [0.1, 0.15) is 0 Å². The molecule has 3 nitrogen and oxygen atoms in total. The highest BCUT2D eigenvalue weighted by molar-refractivity contribution is 7.81. The predicted octanol–water partition coefficient (Wildman–Crippen LogP) is 0.966. The minimum Gasteiger partial charge on any atom is -0.435 e. The van der Waals surface area contributed by atoms with Gasteiger partial charge in [0.25, 0.3) is 0 Å². The molecule has 0 heterocycles. The third-order valence-electron chi connectivity index (χ3n) is 1.13. The molecule has 0 aliphatic rings. The van der Waals surface area contributed by atoms with E-state index in [9.17, 15) is 4.79 Å². The first-order valence-electron chi connectivity index (χ1n) is 3.64. The van der Waals surface area contributed by atoms with Gasteiger partial charge in [0.15, 0.2) is 0 Å². The van der Waals surface area contributed by atoms with Gasteiger partial charge < -0.3 is 9.84 Å². The van der Waals surface area contributed by atoms with E-state index >= 15 is 0 Å². The second-order valence-electron chi connectivity index (χ2n) is 2.36. The number of thiol groups is 1. The van der Waals surface area contributed by atoms with E-state index in [1.807, 2.05) is 6.92 Å². The molecule has 11 heavy (non-hydrogen) atoms. The minimum absolute atomic E-state index is 0.471. The van der Waals surface area contributed by atoms with Crippen molar-refractivity contribution in [1.29, 1.82) is 0 Å². The average molecular weight is 178 g/mol. The summed E-state index contributed by atoms with van der Waals surface area (Å²) < 4.78 is 4.59. The van der Waals surface area contributed by atoms with Gasteiger partial charge in [-0.2, -0.15) is 12.6 Å². The number of hydrogen-bond acceptors (Lipinski definition) is 4. The predicted molar refractivity (Wildman–Crippen MR) is 45.5 cm³/mol. The third-order valence-corrected chi connectivity index (χ3v) is 1.34. The fourth-order valence-corrected chi connectivity index (χ4v) is 0.599. The molecule has 0 aromatic rings. The summed E-state index contributed by atoms with van der Waals surface area (Å²) in [7, 11) is 0. The lowest BCUT2D eigenvalue weighted by molar-refractivity contribution is -0.167. The maximum absolute atomic E-state index is 10.8. The number of aliphatic hydroxyl groups is 1. The summed E-state index contributed by atoms with van der Waals surface area (Å²) in [5.41, 5.74) is 0. The van der Waals surface area contributed by atoms with E-state index in [1.165, 1.54) is 0 Å². The molecule has 2 unspecified atom stereocenters. The van der Waals surface area contributed by atoms with Crippen molar-refractivity contribution in [3.8, 4) is 0 Å². The van der Waals surface area contributed by atoms with Crippen molar-refractivity contribution < 1.29 is 14.6 Å². The second kappa shape index (κ2) is 5.43. The Balaban J connectivity index is 3.57. The van der Waals surface area contributed by atoms with E-state index < -0.39 is 17.5 Å². The topological polar surface area (TPSA) is 46.5 Å². The smallest absolute Gasteiger partial charge is 0.320 e. The van der Waals surface area contributed by atoms with Gasteiger partial charge in [-0.15, -0.1) is 0 Å². The van der Waals surface area contributed by atoms with Gasteiger partial charge >= 0.3 is 5.97 Å². The van der Waals surface area contributed by atoms with Crippen molar-refractivity contribution in [1.82, 2.24) is 0 Å². The van der Waals surface area contributed by atoms with Crippen LogP contribution in [0.5, 0.6) is 0 Å². The molecule has 66 valence electrons. The molecule has 1 N–H and O–H groups in total. The van der Waals surface area contributed by atoms with Crippen LogP contribution in [0.15, 0.2) is 0 Å². The van der Waals surface area contributed by atoms with Crippen LogP contribution in [0.2, 0.25) is 0 Å². The van der Waals surface area contributed by atoms with Gasteiger partial charge in [-0.1, -0.05) is 13.3 Å². The Kier molecular flexibility index (Phi) is 5.32. The zero-order valence-corrected chi connectivity index (χ0v) is 7.67. The van der Waals surface area contributed by atoms with Crippen molar-refractivity contribution in [3.05, 3.63) is 0 Å². The second-order valence-corrected chi connectivity index (χ2v) is 3.13. The number of rotatable bonds is 4. The fourth-order valence-electron chi connectivity index (χ4n) is 0.538. The lowest BCUT2D eigenvalue weighted by atomic mass is 10.3. The van der Waals surface area contributed by atoms with E-state index in [1.54, 1.807) is 6.92 Å². The van der Waals surface area contributed by atoms with E-state index in [4.69, 9.17) is 5.11 Å². The molecule has 0 radical (unpaired) electrons. The summed E-state index contributed by atoms with van der Waals surface area (Å²) in [4.78, 5) is 10.8. The molecule has 0 aliphatic heterocycles. The Morgan fingerprint density at radius 3 is 2.64 bits per heavy atom. The molecule has 0 fully saturated rings. The summed E-state index contributed by atoms with van der Waals surface area (Å²) in [6.45, 7) is 3.51. The molecule has 0 saturated carbocycles. The number of hydrogen-bond donors (Lipinski definition) is 2. The zero-order valence-electron chi connectivity index (χ0n) is 6.78. The van der Waals surface area contributed by atoms with Crippen LogP contribution >= 0.6 is 12.6 Å². The van der Waals surface area contributed by atoms with Crippen LogP contribution in [0.4, 0.5) is 0 Å². The minimum atomic E-state index is -0.970. The van der Waals surface area contributed by atoms with Crippen LogP contribution in [-0.4, -0.2) is 22.6 Å². The summed E-state index contributed by atoms with van der Waals surface area (Å²) in [5, 5.41) is 8.52. The van der Waals surface area contributed by atoms with Gasteiger partial charge in [0.2, 0.25) is 6.29 Å². The first kappa shape index (κ1) is 10.8. The Morgan fingerprint density at radius 1 is 1.73 bits per heavy atom. The molecule has 0 aliphatic carbocycles. The Morgan fingerprint density at radius 2 is 2.27 bits per heavy atom. The van der Waals surface area contributed by atoms with Crippen LogP contribution in [0, 0.1) is 0 Å². The van der Waals surface area contributed by atoms with Crippen molar-refractivity contribution in [2.75, 3.05) is 0 Å². The number of ether oxygens (including phenoxy) is 1. The maximum Gasteiger partial charge on any atom is 0.320 e. The molecule has 0 rings (SSSR count). The number of aliphatic hydroxyl groups excluding tert-OH is 1. The van der Waals surface area contributed by atoms with Crippen LogP contribution in [-0.2, 0) is 9.53 Å². The molecule has 0 aromatic carbocycles. The molecular weight excluding hydrogens is 164 g/mol. The molecule has 0 amide bonds. The third kappa shape index (κ3) is 5.09. The Hall–Kier alpha value is -0.220. The van der Waals surface area contributed by atoms with Crippen molar-refractivity contribution >= 4 is 18.6 Å². The molecule has 2 atom stereocenters. The highest BCUT2D eigenvalue weighted by Gasteiger charge is 2.13. The number of esters is 1. The SMILES string of the molecule is CCCC(O)OC(=O)C(C)S. The van der Waals surface area contributed by atoms with Crippen LogP contribution in [0.3, 0.4) is 0 Å². The van der Waals surface area contributed by atoms with E-state index in [0.29, 0.717) is 6.42 Å². The number of carbonyl (C=O) groups excluding carboxylic acids is 1.